The van der Waals surface area contributed by atoms with Gasteiger partial charge in [0.15, 0.2) is 0 Å². The molecule has 0 radical (unpaired) electrons. The standard InChI is InChI=1S/C31H29FN2O4/c1-19-5-7-23(32)14-28(19)33-17-22-16-31(2,3)34-27-10-6-20(13-26(22)27)25-9-8-24(15-29(25)36-4)38-30(35)21-11-12-37-18-21/h5-16,18,33-34H,17H2,1-4H3. The Morgan fingerprint density at radius 2 is 1.89 bits per heavy atom. The lowest BCUT2D eigenvalue weighted by atomic mass is 9.88. The second-order valence-electron chi connectivity index (χ2n) is 9.85. The second-order valence-corrected chi connectivity index (χ2v) is 9.85. The zero-order valence-electron chi connectivity index (χ0n) is 21.7. The molecular formula is C31H29FN2O4. The number of nitrogens with one attached hydrogen (secondary N) is 2. The van der Waals surface area contributed by atoms with Gasteiger partial charge in [-0.2, -0.15) is 0 Å². The number of carbonyl (C=O) groups excluding carboxylic acids is 1. The maximum atomic E-state index is 13.8. The van der Waals surface area contributed by atoms with E-state index in [0.29, 0.717) is 23.6 Å². The third-order valence-electron chi connectivity index (χ3n) is 6.48. The average molecular weight is 513 g/mol. The van der Waals surface area contributed by atoms with Crippen molar-refractivity contribution in [3.63, 3.8) is 0 Å². The molecule has 5 rings (SSSR count). The average Bonchev–Trinajstić information content (AvgIpc) is 3.44. The Morgan fingerprint density at radius 1 is 1.05 bits per heavy atom. The van der Waals surface area contributed by atoms with Crippen LogP contribution < -0.4 is 20.1 Å². The van der Waals surface area contributed by atoms with Gasteiger partial charge in [0.2, 0.25) is 0 Å². The molecule has 38 heavy (non-hydrogen) atoms. The van der Waals surface area contributed by atoms with Crippen molar-refractivity contribution in [1.82, 2.24) is 0 Å². The number of esters is 1. The van der Waals surface area contributed by atoms with Crippen LogP contribution >= 0.6 is 0 Å². The number of hydrogen-bond acceptors (Lipinski definition) is 6. The Morgan fingerprint density at radius 3 is 2.66 bits per heavy atom. The van der Waals surface area contributed by atoms with Gasteiger partial charge >= 0.3 is 5.97 Å². The quantitative estimate of drug-likeness (QED) is 0.200. The molecule has 7 heteroatoms. The number of anilines is 2. The van der Waals surface area contributed by atoms with Crippen LogP contribution in [0.1, 0.15) is 35.3 Å². The molecule has 1 aromatic heterocycles. The number of ether oxygens (including phenoxy) is 2. The summed E-state index contributed by atoms with van der Waals surface area (Å²) < 4.78 is 29.9. The minimum Gasteiger partial charge on any atom is -0.496 e. The number of methoxy groups -OCH3 is 1. The Hall–Kier alpha value is -4.52. The molecule has 2 heterocycles. The van der Waals surface area contributed by atoms with E-state index in [4.69, 9.17) is 13.9 Å². The zero-order valence-corrected chi connectivity index (χ0v) is 21.7. The molecular weight excluding hydrogens is 483 g/mol. The minimum atomic E-state index is -0.508. The number of hydrogen-bond donors (Lipinski definition) is 2. The molecule has 2 N–H and O–H groups in total. The molecule has 4 aromatic rings. The highest BCUT2D eigenvalue weighted by atomic mass is 19.1. The van der Waals surface area contributed by atoms with Crippen LogP contribution in [0.3, 0.4) is 0 Å². The van der Waals surface area contributed by atoms with E-state index in [9.17, 15) is 9.18 Å². The molecule has 0 saturated carbocycles. The van der Waals surface area contributed by atoms with Crippen LogP contribution in [0.2, 0.25) is 0 Å². The van der Waals surface area contributed by atoms with Gasteiger partial charge in [0.1, 0.15) is 23.6 Å². The van der Waals surface area contributed by atoms with E-state index in [1.807, 2.05) is 19.1 Å². The van der Waals surface area contributed by atoms with Crippen LogP contribution in [-0.2, 0) is 0 Å². The van der Waals surface area contributed by atoms with Crippen molar-refractivity contribution in [2.24, 2.45) is 0 Å². The lowest BCUT2D eigenvalue weighted by Crippen LogP contribution is -2.32. The van der Waals surface area contributed by atoms with Crippen LogP contribution in [0.25, 0.3) is 16.7 Å². The second kappa shape index (κ2) is 10.1. The summed E-state index contributed by atoms with van der Waals surface area (Å²) in [7, 11) is 1.58. The Bertz CT molecular complexity index is 1520. The third kappa shape index (κ3) is 5.27. The van der Waals surface area contributed by atoms with E-state index in [2.05, 4.69) is 42.7 Å². The van der Waals surface area contributed by atoms with Crippen LogP contribution in [0.15, 0.2) is 83.7 Å². The van der Waals surface area contributed by atoms with E-state index in [1.165, 1.54) is 24.7 Å². The number of aryl methyl sites for hydroxylation is 1. The van der Waals surface area contributed by atoms with E-state index >= 15 is 0 Å². The van der Waals surface area contributed by atoms with E-state index in [1.54, 1.807) is 31.4 Å². The largest absolute Gasteiger partial charge is 0.496 e. The summed E-state index contributed by atoms with van der Waals surface area (Å²) in [6.07, 6.45) is 4.95. The SMILES string of the molecule is COc1cc(OC(=O)c2ccoc2)ccc1-c1ccc2c(c1)C(CNc1cc(F)ccc1C)=CC(C)(C)N2. The summed E-state index contributed by atoms with van der Waals surface area (Å²) in [6, 6.07) is 17.8. The van der Waals surface area contributed by atoms with E-state index in [-0.39, 0.29) is 11.4 Å². The van der Waals surface area contributed by atoms with Crippen molar-refractivity contribution in [3.05, 3.63) is 102 Å². The molecule has 1 aliphatic heterocycles. The van der Waals surface area contributed by atoms with Gasteiger partial charge in [-0.05, 0) is 79.9 Å². The first kappa shape index (κ1) is 25.1. The molecule has 194 valence electrons. The molecule has 0 unspecified atom stereocenters. The predicted octanol–water partition coefficient (Wildman–Crippen LogP) is 7.32. The fourth-order valence-electron chi connectivity index (χ4n) is 4.62. The van der Waals surface area contributed by atoms with Crippen LogP contribution in [0.5, 0.6) is 11.5 Å². The number of rotatable bonds is 7. The van der Waals surface area contributed by atoms with Crippen molar-refractivity contribution >= 4 is 22.9 Å². The summed E-state index contributed by atoms with van der Waals surface area (Å²) in [5.74, 6) is 0.164. The fourth-order valence-corrected chi connectivity index (χ4v) is 4.62. The normalized spacial score (nSPS) is 13.7. The zero-order chi connectivity index (χ0) is 26.9. The maximum Gasteiger partial charge on any atom is 0.346 e. The lowest BCUT2D eigenvalue weighted by Gasteiger charge is -2.33. The van der Waals surface area contributed by atoms with Gasteiger partial charge in [-0.25, -0.2) is 9.18 Å². The number of furan rings is 1. The minimum absolute atomic E-state index is 0.249. The highest BCUT2D eigenvalue weighted by Gasteiger charge is 2.25. The first-order chi connectivity index (χ1) is 18.2. The van der Waals surface area contributed by atoms with Crippen molar-refractivity contribution in [3.8, 4) is 22.6 Å². The van der Waals surface area contributed by atoms with Gasteiger partial charge in [-0.15, -0.1) is 0 Å². The molecule has 0 saturated heterocycles. The summed E-state index contributed by atoms with van der Waals surface area (Å²) in [5.41, 5.74) is 6.78. The number of halogens is 1. The number of fused-ring (bicyclic) bond motifs is 1. The highest BCUT2D eigenvalue weighted by molar-refractivity contribution is 5.91. The smallest absolute Gasteiger partial charge is 0.346 e. The van der Waals surface area contributed by atoms with E-state index < -0.39 is 5.97 Å². The highest BCUT2D eigenvalue weighted by Crippen LogP contribution is 2.40. The first-order valence-corrected chi connectivity index (χ1v) is 12.3. The van der Waals surface area contributed by atoms with Gasteiger partial charge in [0.25, 0.3) is 0 Å². The Balaban J connectivity index is 1.44. The molecule has 1 aliphatic rings. The molecule has 3 aromatic carbocycles. The molecule has 6 nitrogen and oxygen atoms in total. The van der Waals surface area contributed by atoms with Crippen molar-refractivity contribution < 1.29 is 23.1 Å². The molecule has 0 bridgehead atoms. The Kier molecular flexibility index (Phi) is 6.68. The summed E-state index contributed by atoms with van der Waals surface area (Å²) in [6.45, 7) is 6.72. The Labute approximate surface area is 221 Å². The van der Waals surface area contributed by atoms with Crippen LogP contribution in [-0.4, -0.2) is 25.2 Å². The van der Waals surface area contributed by atoms with Crippen molar-refractivity contribution in [1.29, 1.82) is 0 Å². The van der Waals surface area contributed by atoms with Gasteiger partial charge in [0, 0.05) is 35.1 Å². The molecule has 0 aliphatic carbocycles. The van der Waals surface area contributed by atoms with Crippen LogP contribution in [0, 0.1) is 12.7 Å². The summed E-state index contributed by atoms with van der Waals surface area (Å²) in [5, 5.41) is 6.98. The summed E-state index contributed by atoms with van der Waals surface area (Å²) >= 11 is 0. The van der Waals surface area contributed by atoms with Crippen molar-refractivity contribution in [2.75, 3.05) is 24.3 Å². The van der Waals surface area contributed by atoms with Crippen molar-refractivity contribution in [2.45, 2.75) is 26.3 Å². The maximum absolute atomic E-state index is 13.8. The predicted molar refractivity (Wildman–Crippen MR) is 147 cm³/mol. The fraction of sp³-hybridized carbons (Fsp3) is 0.194. The molecule has 0 amide bonds. The lowest BCUT2D eigenvalue weighted by molar-refractivity contribution is 0.0733. The van der Waals surface area contributed by atoms with E-state index in [0.717, 1.165) is 39.2 Å². The van der Waals surface area contributed by atoms with Gasteiger partial charge in [-0.3, -0.25) is 0 Å². The number of benzene rings is 3. The third-order valence-corrected chi connectivity index (χ3v) is 6.48. The van der Waals surface area contributed by atoms with Gasteiger partial charge in [-0.1, -0.05) is 18.2 Å². The summed E-state index contributed by atoms with van der Waals surface area (Å²) in [4.78, 5) is 12.3. The van der Waals surface area contributed by atoms with Gasteiger partial charge in [0.05, 0.1) is 24.5 Å². The van der Waals surface area contributed by atoms with Gasteiger partial charge < -0.3 is 24.5 Å². The topological polar surface area (TPSA) is 72.7 Å². The first-order valence-electron chi connectivity index (χ1n) is 12.3. The monoisotopic (exact) mass is 512 g/mol. The number of carbonyl (C=O) groups is 1. The molecule has 0 atom stereocenters. The molecule has 0 fully saturated rings. The van der Waals surface area contributed by atoms with Crippen LogP contribution in [0.4, 0.5) is 15.8 Å². The molecule has 0 spiro atoms.